The fraction of sp³-hybridized carbons (Fsp3) is 0.409. The number of nitrogens with one attached hydrogen (secondary N) is 1. The molecule has 6 heteroatoms. The average molecular weight is 382 g/mol. The molecule has 2 aliphatic heterocycles. The number of rotatable bonds is 5. The van der Waals surface area contributed by atoms with Gasteiger partial charge in [-0.2, -0.15) is 0 Å². The number of para-hydroxylation sites is 2. The standard InChI is InChI=1S/C22H26N2O4/c25-18(21-15-27-19-8-4-5-9-20(19)28-21)14-23-17-10-12-24(13-11-17)22(26)16-6-2-1-3-7-16/h1-9,17-18,21,23,25H,10-15H2. The molecule has 2 aliphatic rings. The lowest BCUT2D eigenvalue weighted by atomic mass is 10.0. The van der Waals surface area contributed by atoms with Crippen LogP contribution < -0.4 is 14.8 Å². The van der Waals surface area contributed by atoms with Crippen molar-refractivity contribution < 1.29 is 19.4 Å². The van der Waals surface area contributed by atoms with Gasteiger partial charge in [-0.3, -0.25) is 4.79 Å². The van der Waals surface area contributed by atoms with E-state index in [9.17, 15) is 9.90 Å². The molecule has 148 valence electrons. The van der Waals surface area contributed by atoms with Crippen molar-refractivity contribution in [2.75, 3.05) is 26.2 Å². The quantitative estimate of drug-likeness (QED) is 0.829. The Kier molecular flexibility index (Phi) is 5.78. The van der Waals surface area contributed by atoms with Crippen molar-refractivity contribution in [2.45, 2.75) is 31.1 Å². The van der Waals surface area contributed by atoms with Gasteiger partial charge in [-0.05, 0) is 37.1 Å². The zero-order valence-corrected chi connectivity index (χ0v) is 15.8. The van der Waals surface area contributed by atoms with Crippen LogP contribution in [0.15, 0.2) is 54.6 Å². The normalized spacial score (nSPS) is 20.6. The van der Waals surface area contributed by atoms with E-state index in [0.717, 1.165) is 37.2 Å². The summed E-state index contributed by atoms with van der Waals surface area (Å²) < 4.78 is 11.5. The molecule has 6 nitrogen and oxygen atoms in total. The summed E-state index contributed by atoms with van der Waals surface area (Å²) in [6.07, 6.45) is 0.700. The van der Waals surface area contributed by atoms with Gasteiger partial charge in [0.15, 0.2) is 17.6 Å². The van der Waals surface area contributed by atoms with Crippen molar-refractivity contribution in [3.63, 3.8) is 0 Å². The van der Waals surface area contributed by atoms with E-state index in [2.05, 4.69) is 5.32 Å². The third kappa shape index (κ3) is 4.29. The Balaban J connectivity index is 1.22. The number of amides is 1. The molecule has 2 unspecified atom stereocenters. The largest absolute Gasteiger partial charge is 0.486 e. The van der Waals surface area contributed by atoms with Crippen molar-refractivity contribution in [3.05, 3.63) is 60.2 Å². The molecule has 2 N–H and O–H groups in total. The minimum Gasteiger partial charge on any atom is -0.486 e. The fourth-order valence-electron chi connectivity index (χ4n) is 3.69. The molecule has 0 radical (unpaired) electrons. The topological polar surface area (TPSA) is 71.0 Å². The predicted octanol–water partition coefficient (Wildman–Crippen LogP) is 2.08. The number of carbonyl (C=O) groups excluding carboxylic acids is 1. The molecule has 0 saturated carbocycles. The first-order chi connectivity index (χ1) is 13.7. The maximum Gasteiger partial charge on any atom is 0.253 e. The van der Waals surface area contributed by atoms with Crippen LogP contribution in [-0.4, -0.2) is 60.4 Å². The van der Waals surface area contributed by atoms with Crippen LogP contribution in [0, 0.1) is 0 Å². The van der Waals surface area contributed by atoms with Crippen LogP contribution in [0.1, 0.15) is 23.2 Å². The smallest absolute Gasteiger partial charge is 0.253 e. The third-order valence-electron chi connectivity index (χ3n) is 5.38. The van der Waals surface area contributed by atoms with Crippen LogP contribution in [0.5, 0.6) is 11.5 Å². The molecule has 1 amide bonds. The maximum absolute atomic E-state index is 12.5. The molecule has 2 aromatic carbocycles. The Morgan fingerprint density at radius 1 is 1.07 bits per heavy atom. The number of nitrogens with zero attached hydrogens (tertiary/aromatic N) is 1. The van der Waals surface area contributed by atoms with Crippen LogP contribution >= 0.6 is 0 Å². The maximum atomic E-state index is 12.5. The van der Waals surface area contributed by atoms with Crippen LogP contribution in [0.25, 0.3) is 0 Å². The summed E-state index contributed by atoms with van der Waals surface area (Å²) in [5, 5.41) is 13.9. The Hall–Kier alpha value is -2.57. The van der Waals surface area contributed by atoms with Gasteiger partial charge in [-0.15, -0.1) is 0 Å². The minimum absolute atomic E-state index is 0.0884. The number of likely N-dealkylation sites (tertiary alicyclic amines) is 1. The van der Waals surface area contributed by atoms with Crippen molar-refractivity contribution in [1.29, 1.82) is 0 Å². The molecule has 2 atom stereocenters. The van der Waals surface area contributed by atoms with Gasteiger partial charge in [0, 0.05) is 31.2 Å². The number of benzene rings is 2. The molecular formula is C22H26N2O4. The summed E-state index contributed by atoms with van der Waals surface area (Å²) in [6.45, 7) is 2.22. The van der Waals surface area contributed by atoms with E-state index in [-0.39, 0.29) is 18.1 Å². The molecule has 0 bridgehead atoms. The first kappa shape index (κ1) is 18.8. The highest BCUT2D eigenvalue weighted by Crippen LogP contribution is 2.31. The summed E-state index contributed by atoms with van der Waals surface area (Å²) in [7, 11) is 0. The predicted molar refractivity (Wildman–Crippen MR) is 106 cm³/mol. The molecule has 28 heavy (non-hydrogen) atoms. The Morgan fingerprint density at radius 2 is 1.75 bits per heavy atom. The second-order valence-electron chi connectivity index (χ2n) is 7.32. The van der Waals surface area contributed by atoms with E-state index in [1.807, 2.05) is 59.5 Å². The lowest BCUT2D eigenvalue weighted by Crippen LogP contribution is -2.50. The Morgan fingerprint density at radius 3 is 2.50 bits per heavy atom. The molecule has 1 fully saturated rings. The SMILES string of the molecule is O=C(c1ccccc1)N1CCC(NCC(O)C2COc3ccccc3O2)CC1. The minimum atomic E-state index is -0.655. The molecule has 0 spiro atoms. The van der Waals surface area contributed by atoms with E-state index in [0.29, 0.717) is 18.9 Å². The van der Waals surface area contributed by atoms with Gasteiger partial charge in [-0.25, -0.2) is 0 Å². The van der Waals surface area contributed by atoms with Crippen molar-refractivity contribution in [1.82, 2.24) is 10.2 Å². The second kappa shape index (κ2) is 8.63. The van der Waals surface area contributed by atoms with Crippen molar-refractivity contribution >= 4 is 5.91 Å². The number of hydrogen-bond acceptors (Lipinski definition) is 5. The number of piperidine rings is 1. The van der Waals surface area contributed by atoms with Crippen molar-refractivity contribution in [3.8, 4) is 11.5 Å². The first-order valence-electron chi connectivity index (χ1n) is 9.85. The highest BCUT2D eigenvalue weighted by Gasteiger charge is 2.29. The highest BCUT2D eigenvalue weighted by molar-refractivity contribution is 5.94. The zero-order chi connectivity index (χ0) is 19.3. The molecule has 0 aliphatic carbocycles. The molecule has 0 aromatic heterocycles. The van der Waals surface area contributed by atoms with E-state index >= 15 is 0 Å². The van der Waals surface area contributed by atoms with Gasteiger partial charge in [0.1, 0.15) is 12.7 Å². The fourth-order valence-corrected chi connectivity index (χ4v) is 3.69. The summed E-state index contributed by atoms with van der Waals surface area (Å²) >= 11 is 0. The molecular weight excluding hydrogens is 356 g/mol. The van der Waals surface area contributed by atoms with Crippen molar-refractivity contribution in [2.24, 2.45) is 0 Å². The zero-order valence-electron chi connectivity index (χ0n) is 15.8. The number of aliphatic hydroxyl groups is 1. The van der Waals surface area contributed by atoms with E-state index in [1.165, 1.54) is 0 Å². The van der Waals surface area contributed by atoms with E-state index in [1.54, 1.807) is 0 Å². The van der Waals surface area contributed by atoms with Gasteiger partial charge in [0.2, 0.25) is 0 Å². The number of ether oxygens (including phenoxy) is 2. The third-order valence-corrected chi connectivity index (χ3v) is 5.38. The summed E-state index contributed by atoms with van der Waals surface area (Å²) in [6, 6.07) is 17.2. The van der Waals surface area contributed by atoms with Crippen LogP contribution in [-0.2, 0) is 0 Å². The molecule has 1 saturated heterocycles. The van der Waals surface area contributed by atoms with Gasteiger partial charge in [-0.1, -0.05) is 30.3 Å². The van der Waals surface area contributed by atoms with Gasteiger partial charge in [0.05, 0.1) is 0 Å². The first-order valence-corrected chi connectivity index (χ1v) is 9.85. The van der Waals surface area contributed by atoms with Crippen LogP contribution in [0.3, 0.4) is 0 Å². The number of carbonyl (C=O) groups is 1. The second-order valence-corrected chi connectivity index (χ2v) is 7.32. The monoisotopic (exact) mass is 382 g/mol. The lowest BCUT2D eigenvalue weighted by molar-refractivity contribution is -0.0109. The van der Waals surface area contributed by atoms with E-state index < -0.39 is 6.10 Å². The van der Waals surface area contributed by atoms with Gasteiger partial charge < -0.3 is 24.8 Å². The number of aliphatic hydroxyl groups excluding tert-OH is 1. The van der Waals surface area contributed by atoms with Gasteiger partial charge in [0.25, 0.3) is 5.91 Å². The summed E-state index contributed by atoms with van der Waals surface area (Å²) in [5.41, 5.74) is 0.735. The van der Waals surface area contributed by atoms with Crippen LogP contribution in [0.4, 0.5) is 0 Å². The average Bonchev–Trinajstić information content (AvgIpc) is 2.77. The van der Waals surface area contributed by atoms with Gasteiger partial charge >= 0.3 is 0 Å². The summed E-state index contributed by atoms with van der Waals surface area (Å²) in [4.78, 5) is 14.4. The van der Waals surface area contributed by atoms with E-state index in [4.69, 9.17) is 9.47 Å². The molecule has 2 aromatic rings. The molecule has 4 rings (SSSR count). The Labute approximate surface area is 165 Å². The lowest BCUT2D eigenvalue weighted by Gasteiger charge is -2.34. The van der Waals surface area contributed by atoms with Crippen LogP contribution in [0.2, 0.25) is 0 Å². The number of fused-ring (bicyclic) bond motifs is 1. The highest BCUT2D eigenvalue weighted by atomic mass is 16.6. The summed E-state index contributed by atoms with van der Waals surface area (Å²) in [5.74, 6) is 1.48. The Bertz CT molecular complexity index is 790. The molecule has 2 heterocycles. The number of hydrogen-bond donors (Lipinski definition) is 2.